The average molecular weight is 294 g/mol. The molecule has 1 aliphatic heterocycles. The molecule has 21 heavy (non-hydrogen) atoms. The quantitative estimate of drug-likeness (QED) is 0.865. The van der Waals surface area contributed by atoms with Crippen molar-refractivity contribution in [1.29, 1.82) is 0 Å². The number of nitrogens with one attached hydrogen (secondary N) is 1. The largest absolute Gasteiger partial charge is 0.493 e. The van der Waals surface area contributed by atoms with E-state index in [0.717, 1.165) is 37.7 Å². The lowest BCUT2D eigenvalue weighted by atomic mass is 10.1. The van der Waals surface area contributed by atoms with Crippen molar-refractivity contribution in [3.63, 3.8) is 0 Å². The van der Waals surface area contributed by atoms with E-state index >= 15 is 0 Å². The van der Waals surface area contributed by atoms with Crippen molar-refractivity contribution in [2.75, 3.05) is 47.5 Å². The number of hydrogen-bond acceptors (Lipinski definition) is 5. The smallest absolute Gasteiger partial charge is 0.161 e. The molecule has 2 unspecified atom stereocenters. The summed E-state index contributed by atoms with van der Waals surface area (Å²) in [5.41, 5.74) is 1.20. The number of morpholine rings is 1. The van der Waals surface area contributed by atoms with Crippen molar-refractivity contribution in [3.8, 4) is 11.5 Å². The third-order valence-corrected chi connectivity index (χ3v) is 3.92. The summed E-state index contributed by atoms with van der Waals surface area (Å²) >= 11 is 0. The third kappa shape index (κ3) is 4.09. The number of methoxy groups -OCH3 is 2. The molecular formula is C16H26N2O3. The van der Waals surface area contributed by atoms with Crippen LogP contribution in [0, 0.1) is 0 Å². The molecule has 0 spiro atoms. The SMILES string of the molecule is CNC(CN1CCOC(C)C1)c1ccc(OC)c(OC)c1. The summed E-state index contributed by atoms with van der Waals surface area (Å²) in [7, 11) is 5.31. The Hall–Kier alpha value is -1.30. The van der Waals surface area contributed by atoms with E-state index in [-0.39, 0.29) is 6.04 Å². The predicted octanol–water partition coefficient (Wildman–Crippen LogP) is 1.68. The molecule has 5 heteroatoms. The molecule has 1 N–H and O–H groups in total. The van der Waals surface area contributed by atoms with Gasteiger partial charge in [0.2, 0.25) is 0 Å². The van der Waals surface area contributed by atoms with E-state index < -0.39 is 0 Å². The average Bonchev–Trinajstić information content (AvgIpc) is 2.52. The van der Waals surface area contributed by atoms with Crippen LogP contribution in [0.3, 0.4) is 0 Å². The molecule has 0 amide bonds. The molecular weight excluding hydrogens is 268 g/mol. The molecule has 0 radical (unpaired) electrons. The molecule has 1 aromatic rings. The first kappa shape index (κ1) is 16.1. The fourth-order valence-electron chi connectivity index (χ4n) is 2.75. The topological polar surface area (TPSA) is 43.0 Å². The summed E-state index contributed by atoms with van der Waals surface area (Å²) in [5, 5.41) is 3.39. The van der Waals surface area contributed by atoms with Crippen molar-refractivity contribution in [1.82, 2.24) is 10.2 Å². The highest BCUT2D eigenvalue weighted by Crippen LogP contribution is 2.30. The van der Waals surface area contributed by atoms with E-state index in [1.165, 1.54) is 5.56 Å². The highest BCUT2D eigenvalue weighted by molar-refractivity contribution is 5.43. The van der Waals surface area contributed by atoms with E-state index in [0.29, 0.717) is 6.10 Å². The van der Waals surface area contributed by atoms with E-state index in [1.807, 2.05) is 19.2 Å². The molecule has 0 saturated carbocycles. The predicted molar refractivity (Wildman–Crippen MR) is 83.2 cm³/mol. The molecule has 1 aromatic carbocycles. The van der Waals surface area contributed by atoms with Gasteiger partial charge in [-0.15, -0.1) is 0 Å². The summed E-state index contributed by atoms with van der Waals surface area (Å²) in [4.78, 5) is 2.44. The van der Waals surface area contributed by atoms with Gasteiger partial charge in [0.1, 0.15) is 0 Å². The van der Waals surface area contributed by atoms with Gasteiger partial charge in [-0.1, -0.05) is 6.07 Å². The van der Waals surface area contributed by atoms with E-state index in [9.17, 15) is 0 Å². The zero-order valence-corrected chi connectivity index (χ0v) is 13.4. The summed E-state index contributed by atoms with van der Waals surface area (Å²) in [5.74, 6) is 1.53. The standard InChI is InChI=1S/C16H26N2O3/c1-12-10-18(7-8-21-12)11-14(17-2)13-5-6-15(19-3)16(9-13)20-4/h5-6,9,12,14,17H,7-8,10-11H2,1-4H3. The lowest BCUT2D eigenvalue weighted by Gasteiger charge is -2.33. The maximum atomic E-state index is 5.60. The second kappa shape index (κ2) is 7.64. The highest BCUT2D eigenvalue weighted by Gasteiger charge is 2.21. The van der Waals surface area contributed by atoms with Crippen LogP contribution in [-0.2, 0) is 4.74 Å². The Kier molecular flexibility index (Phi) is 5.85. The first-order valence-electron chi connectivity index (χ1n) is 7.41. The Morgan fingerprint density at radius 2 is 2.10 bits per heavy atom. The van der Waals surface area contributed by atoms with Gasteiger partial charge in [-0.25, -0.2) is 0 Å². The monoisotopic (exact) mass is 294 g/mol. The Morgan fingerprint density at radius 3 is 2.71 bits per heavy atom. The Balaban J connectivity index is 2.09. The minimum atomic E-state index is 0.259. The zero-order valence-electron chi connectivity index (χ0n) is 13.4. The molecule has 1 heterocycles. The van der Waals surface area contributed by atoms with Gasteiger partial charge < -0.3 is 19.5 Å². The summed E-state index contributed by atoms with van der Waals surface area (Å²) in [6.45, 7) is 5.85. The number of benzene rings is 1. The van der Waals surface area contributed by atoms with Crippen LogP contribution in [0.4, 0.5) is 0 Å². The van der Waals surface area contributed by atoms with E-state index in [1.54, 1.807) is 14.2 Å². The van der Waals surface area contributed by atoms with Crippen LogP contribution in [0.15, 0.2) is 18.2 Å². The minimum absolute atomic E-state index is 0.259. The maximum Gasteiger partial charge on any atom is 0.161 e. The van der Waals surface area contributed by atoms with Crippen LogP contribution in [0.5, 0.6) is 11.5 Å². The van der Waals surface area contributed by atoms with Crippen LogP contribution in [0.2, 0.25) is 0 Å². The Bertz CT molecular complexity index is 453. The first-order valence-corrected chi connectivity index (χ1v) is 7.41. The molecule has 2 atom stereocenters. The lowest BCUT2D eigenvalue weighted by molar-refractivity contribution is -0.0208. The van der Waals surface area contributed by atoms with E-state index in [2.05, 4.69) is 23.2 Å². The fraction of sp³-hybridized carbons (Fsp3) is 0.625. The fourth-order valence-corrected chi connectivity index (χ4v) is 2.75. The summed E-state index contributed by atoms with van der Waals surface area (Å²) < 4.78 is 16.3. The molecule has 1 saturated heterocycles. The van der Waals surface area contributed by atoms with Crippen molar-refractivity contribution in [3.05, 3.63) is 23.8 Å². The number of rotatable bonds is 6. The van der Waals surface area contributed by atoms with Gasteiger partial charge in [0.15, 0.2) is 11.5 Å². The van der Waals surface area contributed by atoms with Gasteiger partial charge in [0, 0.05) is 25.7 Å². The van der Waals surface area contributed by atoms with Crippen LogP contribution in [-0.4, -0.2) is 58.5 Å². The van der Waals surface area contributed by atoms with Gasteiger partial charge in [-0.2, -0.15) is 0 Å². The second-order valence-corrected chi connectivity index (χ2v) is 5.40. The number of hydrogen-bond donors (Lipinski definition) is 1. The second-order valence-electron chi connectivity index (χ2n) is 5.40. The van der Waals surface area contributed by atoms with Crippen LogP contribution >= 0.6 is 0 Å². The molecule has 1 fully saturated rings. The van der Waals surface area contributed by atoms with Crippen molar-refractivity contribution >= 4 is 0 Å². The molecule has 2 rings (SSSR count). The molecule has 5 nitrogen and oxygen atoms in total. The number of likely N-dealkylation sites (N-methyl/N-ethyl adjacent to an activating group) is 1. The van der Waals surface area contributed by atoms with Gasteiger partial charge in [0.25, 0.3) is 0 Å². The van der Waals surface area contributed by atoms with Crippen molar-refractivity contribution < 1.29 is 14.2 Å². The Labute approximate surface area is 127 Å². The molecule has 118 valence electrons. The number of nitrogens with zero attached hydrogens (tertiary/aromatic N) is 1. The highest BCUT2D eigenvalue weighted by atomic mass is 16.5. The van der Waals surface area contributed by atoms with Gasteiger partial charge in [0.05, 0.1) is 26.9 Å². The molecule has 0 aliphatic carbocycles. The van der Waals surface area contributed by atoms with Gasteiger partial charge in [-0.3, -0.25) is 4.90 Å². The Morgan fingerprint density at radius 1 is 1.33 bits per heavy atom. The van der Waals surface area contributed by atoms with Gasteiger partial charge >= 0.3 is 0 Å². The van der Waals surface area contributed by atoms with Crippen LogP contribution in [0.25, 0.3) is 0 Å². The molecule has 0 bridgehead atoms. The number of ether oxygens (including phenoxy) is 3. The maximum absolute atomic E-state index is 5.60. The van der Waals surface area contributed by atoms with Crippen molar-refractivity contribution in [2.45, 2.75) is 19.1 Å². The summed E-state index contributed by atoms with van der Waals surface area (Å²) in [6.07, 6.45) is 0.307. The van der Waals surface area contributed by atoms with Crippen LogP contribution in [0.1, 0.15) is 18.5 Å². The van der Waals surface area contributed by atoms with Gasteiger partial charge in [-0.05, 0) is 31.7 Å². The molecule has 0 aromatic heterocycles. The zero-order chi connectivity index (χ0) is 15.2. The normalized spacial score (nSPS) is 21.0. The molecule has 1 aliphatic rings. The lowest BCUT2D eigenvalue weighted by Crippen LogP contribution is -2.44. The minimum Gasteiger partial charge on any atom is -0.493 e. The van der Waals surface area contributed by atoms with Crippen LogP contribution < -0.4 is 14.8 Å². The third-order valence-electron chi connectivity index (χ3n) is 3.92. The first-order chi connectivity index (χ1) is 10.2. The van der Waals surface area contributed by atoms with Crippen molar-refractivity contribution in [2.24, 2.45) is 0 Å². The van der Waals surface area contributed by atoms with E-state index in [4.69, 9.17) is 14.2 Å². The summed E-state index contributed by atoms with van der Waals surface area (Å²) in [6, 6.07) is 6.35.